The molecule has 82 valence electrons. The van der Waals surface area contributed by atoms with Crippen molar-refractivity contribution in [3.8, 4) is 0 Å². The molecule has 0 amide bonds. The van der Waals surface area contributed by atoms with Crippen LogP contribution in [0.5, 0.6) is 0 Å². The first-order valence-electron chi connectivity index (χ1n) is 5.88. The third-order valence-corrected chi connectivity index (χ3v) is 5.91. The Kier molecular flexibility index (Phi) is 3.63. The molecule has 1 aliphatic heterocycles. The van der Waals surface area contributed by atoms with E-state index in [0.29, 0.717) is 0 Å². The predicted molar refractivity (Wildman–Crippen MR) is 72.0 cm³/mol. The summed E-state index contributed by atoms with van der Waals surface area (Å²) in [4.78, 5) is 0. The van der Waals surface area contributed by atoms with Crippen LogP contribution in [0, 0.1) is 11.3 Å². The van der Waals surface area contributed by atoms with E-state index in [0.717, 1.165) is 11.3 Å². The summed E-state index contributed by atoms with van der Waals surface area (Å²) in [6.07, 6.45) is 8.87. The maximum Gasteiger partial charge on any atom is 0.0133 e. The van der Waals surface area contributed by atoms with Crippen molar-refractivity contribution in [1.29, 1.82) is 0 Å². The van der Waals surface area contributed by atoms with E-state index in [1.165, 1.54) is 51.6 Å². The van der Waals surface area contributed by atoms with E-state index in [9.17, 15) is 0 Å². The summed E-state index contributed by atoms with van der Waals surface area (Å²) in [5.41, 5.74) is 0.724. The molecule has 0 N–H and O–H groups in total. The van der Waals surface area contributed by atoms with Crippen molar-refractivity contribution >= 4 is 25.5 Å². The van der Waals surface area contributed by atoms with Crippen LogP contribution in [0.25, 0.3) is 0 Å². The monoisotopic (exact) mass is 307 g/mol. The number of piperidine rings is 1. The Hall–Kier alpha value is 0.560. The molecule has 2 fully saturated rings. The average molecular weight is 307 g/mol. The number of halogens is 1. The zero-order chi connectivity index (χ0) is 10.0. The van der Waals surface area contributed by atoms with Crippen LogP contribution in [-0.4, -0.2) is 20.7 Å². The van der Waals surface area contributed by atoms with Gasteiger partial charge in [-0.15, -0.1) is 0 Å². The Labute approximate surface area is 98.4 Å². The van der Waals surface area contributed by atoms with Gasteiger partial charge in [0.2, 0.25) is 0 Å². The van der Waals surface area contributed by atoms with Gasteiger partial charge in [-0.05, 0) is 58.0 Å². The molecule has 2 heteroatoms. The minimum absolute atomic E-state index is 0.105. The summed E-state index contributed by atoms with van der Waals surface area (Å²) < 4.78 is 6.80. The third-order valence-electron chi connectivity index (χ3n) is 4.12. The fraction of sp³-hybridized carbons (Fsp3) is 0.917. The summed E-state index contributed by atoms with van der Waals surface area (Å²) in [5, 5.41) is 0. The molecule has 1 saturated carbocycles. The largest absolute Gasteiger partial charge is 0.253 e. The molecule has 1 nitrogen and oxygen atoms in total. The van der Waals surface area contributed by atoms with Crippen LogP contribution >= 0.6 is 21.0 Å². The molecule has 1 heterocycles. The summed E-state index contributed by atoms with van der Waals surface area (Å²) in [6, 6.07) is 0. The lowest BCUT2D eigenvalue weighted by Gasteiger charge is -2.45. The van der Waals surface area contributed by atoms with Crippen LogP contribution in [0.15, 0.2) is 0 Å². The van der Waals surface area contributed by atoms with Gasteiger partial charge in [-0.1, -0.05) is 24.3 Å². The summed E-state index contributed by atoms with van der Waals surface area (Å²) >= 11 is 0.105. The highest BCUT2D eigenvalue weighted by molar-refractivity contribution is 14.2. The van der Waals surface area contributed by atoms with E-state index >= 15 is 0 Å². The fourth-order valence-electron chi connectivity index (χ4n) is 3.03. The molecule has 0 bridgehead atoms. The summed E-state index contributed by atoms with van der Waals surface area (Å²) in [7, 11) is 0. The van der Waals surface area contributed by atoms with E-state index in [-0.39, 0.29) is 21.0 Å². The molecule has 2 aliphatic rings. The molecule has 0 aromatic carbocycles. The van der Waals surface area contributed by atoms with Gasteiger partial charge in [0.15, 0.2) is 0 Å². The summed E-state index contributed by atoms with van der Waals surface area (Å²) in [6.45, 7) is 5.15. The minimum Gasteiger partial charge on any atom is -0.253 e. The van der Waals surface area contributed by atoms with Gasteiger partial charge < -0.3 is 0 Å². The maximum absolute atomic E-state index is 4.14. The quantitative estimate of drug-likeness (QED) is 0.528. The summed E-state index contributed by atoms with van der Waals surface area (Å²) in [5.74, 6) is 0.991. The van der Waals surface area contributed by atoms with Gasteiger partial charge in [-0.3, -0.25) is 3.11 Å². The first kappa shape index (κ1) is 11.1. The van der Waals surface area contributed by atoms with Crippen molar-refractivity contribution in [2.75, 3.05) is 13.1 Å². The Morgan fingerprint density at radius 3 is 2.64 bits per heavy atom. The molecule has 0 atom stereocenters. The molecule has 14 heavy (non-hydrogen) atoms. The number of rotatable bonds is 1. The molecule has 1 aliphatic carbocycles. The lowest BCUT2D eigenvalue weighted by Crippen LogP contribution is -2.41. The van der Waals surface area contributed by atoms with Gasteiger partial charge in [0.05, 0.1) is 0 Å². The lowest BCUT2D eigenvalue weighted by atomic mass is 9.67. The molecule has 1 spiro atoms. The fourth-order valence-corrected chi connectivity index (χ4v) is 4.68. The molecule has 1 saturated heterocycles. The van der Waals surface area contributed by atoms with Crippen LogP contribution in [0.2, 0.25) is 0 Å². The van der Waals surface area contributed by atoms with Crippen molar-refractivity contribution in [3.63, 3.8) is 0 Å². The van der Waals surface area contributed by atoms with Crippen molar-refractivity contribution in [3.05, 3.63) is 0 Å². The van der Waals surface area contributed by atoms with Crippen LogP contribution in [0.1, 0.15) is 45.4 Å². The van der Waals surface area contributed by atoms with Crippen LogP contribution in [0.3, 0.4) is 0 Å². The van der Waals surface area contributed by atoms with Gasteiger partial charge >= 0.3 is 0 Å². The smallest absolute Gasteiger partial charge is 0.0133 e. The minimum atomic E-state index is 0.105. The van der Waals surface area contributed by atoms with Crippen molar-refractivity contribution in [2.45, 2.75) is 45.4 Å². The number of hydrogen-bond donors (Lipinski definition) is 0. The number of nitrogens with zero attached hydrogens (tertiary/aromatic N) is 1. The molecule has 0 aromatic heterocycles. The highest BCUT2D eigenvalue weighted by Gasteiger charge is 2.37. The van der Waals surface area contributed by atoms with Crippen molar-refractivity contribution in [1.82, 2.24) is 3.11 Å². The average Bonchev–Trinajstić information content (AvgIpc) is 2.23. The topological polar surface area (TPSA) is 3.24 Å². The zero-order valence-electron chi connectivity index (χ0n) is 9.27. The third kappa shape index (κ3) is 2.38. The molecule has 0 radical (unpaired) electrons. The Balaban J connectivity index is 1.97. The first-order chi connectivity index (χ1) is 6.74. The standard InChI is InChI=1S/C12H22IN/c1-11-4-7-12(8-5-11)6-3-9-14(10-12)13-2/h11H,2-10H2,1H3. The predicted octanol–water partition coefficient (Wildman–Crippen LogP) is 3.60. The first-order valence-corrected chi connectivity index (χ1v) is 8.37. The second kappa shape index (κ2) is 4.60. The SMILES string of the molecule is C=IN1CCCC2(CCC(C)CC2)C1. The van der Waals surface area contributed by atoms with Crippen molar-refractivity contribution in [2.24, 2.45) is 11.3 Å². The second-order valence-electron chi connectivity index (χ2n) is 5.25. The maximum atomic E-state index is 4.14. The Bertz CT molecular complexity index is 206. The van der Waals surface area contributed by atoms with Gasteiger partial charge in [0.25, 0.3) is 0 Å². The van der Waals surface area contributed by atoms with Gasteiger partial charge in [-0.25, -0.2) is 0 Å². The van der Waals surface area contributed by atoms with Crippen LogP contribution < -0.4 is 0 Å². The molecule has 2 rings (SSSR count). The second-order valence-corrected chi connectivity index (χ2v) is 7.30. The van der Waals surface area contributed by atoms with Crippen LogP contribution in [0.4, 0.5) is 0 Å². The molecule has 0 unspecified atom stereocenters. The Morgan fingerprint density at radius 2 is 2.00 bits per heavy atom. The van der Waals surface area contributed by atoms with Gasteiger partial charge in [0, 0.05) is 13.1 Å². The van der Waals surface area contributed by atoms with E-state index < -0.39 is 0 Å². The molecule has 0 aromatic rings. The van der Waals surface area contributed by atoms with E-state index in [1.807, 2.05) is 0 Å². The van der Waals surface area contributed by atoms with Gasteiger partial charge in [-0.2, -0.15) is 0 Å². The molecular weight excluding hydrogens is 285 g/mol. The van der Waals surface area contributed by atoms with E-state index in [4.69, 9.17) is 0 Å². The highest BCUT2D eigenvalue weighted by Crippen LogP contribution is 2.45. The highest BCUT2D eigenvalue weighted by atomic mass is 127. The normalized spacial score (nSPS) is 40.2. The number of hydrogen-bond acceptors (Lipinski definition) is 1. The lowest BCUT2D eigenvalue weighted by molar-refractivity contribution is 0.0903. The van der Waals surface area contributed by atoms with E-state index in [1.54, 1.807) is 0 Å². The van der Waals surface area contributed by atoms with E-state index in [2.05, 4.69) is 14.6 Å². The zero-order valence-corrected chi connectivity index (χ0v) is 11.4. The Morgan fingerprint density at radius 1 is 1.29 bits per heavy atom. The van der Waals surface area contributed by atoms with Crippen molar-refractivity contribution < 1.29 is 0 Å². The van der Waals surface area contributed by atoms with Crippen LogP contribution in [-0.2, 0) is 0 Å². The van der Waals surface area contributed by atoms with Gasteiger partial charge in [0.1, 0.15) is 0 Å². The molecular formula is C12H22IN.